The smallest absolute Gasteiger partial charge is 0.490 e. The van der Waals surface area contributed by atoms with E-state index in [0.717, 1.165) is 0 Å². The number of halogens is 6. The number of nitrogens with one attached hydrogen (secondary N) is 1. The van der Waals surface area contributed by atoms with Crippen molar-refractivity contribution >= 4 is 32.9 Å². The summed E-state index contributed by atoms with van der Waals surface area (Å²) in [7, 11) is -2.05. The largest absolute Gasteiger partial charge is 0.492 e. The summed E-state index contributed by atoms with van der Waals surface area (Å²) in [5, 5.41) is 27.2. The Balaban J connectivity index is 0.000000449. The Kier molecular flexibility index (Phi) is 11.3. The van der Waals surface area contributed by atoms with Gasteiger partial charge in [-0.15, -0.1) is 0 Å². The van der Waals surface area contributed by atoms with Gasteiger partial charge in [0.25, 0.3) is 10.0 Å². The third-order valence-corrected chi connectivity index (χ3v) is 6.04. The van der Waals surface area contributed by atoms with E-state index in [9.17, 15) is 40.0 Å². The van der Waals surface area contributed by atoms with Gasteiger partial charge in [-0.25, -0.2) is 22.0 Å². The molecule has 0 aliphatic carbocycles. The predicted molar refractivity (Wildman–Crippen MR) is 122 cm³/mol. The third kappa shape index (κ3) is 9.19. The van der Waals surface area contributed by atoms with Crippen molar-refractivity contribution < 1.29 is 59.3 Å². The number of alkyl halides is 6. The van der Waals surface area contributed by atoms with Crippen molar-refractivity contribution in [3.63, 3.8) is 0 Å². The number of nitrogens with zero attached hydrogens (tertiary/aromatic N) is 2. The summed E-state index contributed by atoms with van der Waals surface area (Å²) in [4.78, 5) is 17.8. The molecule has 3 rings (SSSR count). The Hall–Kier alpha value is -4.30. The van der Waals surface area contributed by atoms with Gasteiger partial charge in [0.1, 0.15) is 23.3 Å². The van der Waals surface area contributed by atoms with E-state index in [0.29, 0.717) is 29.8 Å². The van der Waals surface area contributed by atoms with E-state index in [1.807, 2.05) is 13.1 Å². The molecule has 17 heteroatoms. The van der Waals surface area contributed by atoms with Crippen LogP contribution in [0, 0.1) is 11.3 Å². The maximum Gasteiger partial charge on any atom is 0.490 e. The average molecular weight is 583 g/mol. The second kappa shape index (κ2) is 13.5. The quantitative estimate of drug-likeness (QED) is 0.291. The minimum absolute atomic E-state index is 0.0171. The van der Waals surface area contributed by atoms with Crippen molar-refractivity contribution in [2.45, 2.75) is 17.2 Å². The topological polar surface area (TPSA) is 159 Å². The van der Waals surface area contributed by atoms with Crippen LogP contribution in [-0.2, 0) is 19.6 Å². The molecular formula is C22H19F6N3O7S. The lowest BCUT2D eigenvalue weighted by molar-refractivity contribution is -0.193. The minimum Gasteiger partial charge on any atom is -0.492 e. The van der Waals surface area contributed by atoms with Gasteiger partial charge in [0.2, 0.25) is 0 Å². The van der Waals surface area contributed by atoms with Crippen LogP contribution in [0.4, 0.5) is 26.3 Å². The van der Waals surface area contributed by atoms with Crippen molar-refractivity contribution in [1.29, 1.82) is 5.26 Å². The molecule has 0 saturated heterocycles. The van der Waals surface area contributed by atoms with E-state index in [1.54, 1.807) is 36.4 Å². The van der Waals surface area contributed by atoms with Crippen LogP contribution in [0.1, 0.15) is 5.56 Å². The van der Waals surface area contributed by atoms with Crippen molar-refractivity contribution in [3.8, 4) is 11.8 Å². The number of ether oxygens (including phenoxy) is 1. The molecule has 0 spiro atoms. The van der Waals surface area contributed by atoms with E-state index in [1.165, 1.54) is 22.3 Å². The zero-order valence-corrected chi connectivity index (χ0v) is 20.4. The molecule has 212 valence electrons. The Labute approximate surface area is 216 Å². The fraction of sp³-hybridized carbons (Fsp3) is 0.227. The molecule has 0 saturated carbocycles. The molecule has 1 aromatic heterocycles. The lowest BCUT2D eigenvalue weighted by Gasteiger charge is -2.10. The zero-order valence-electron chi connectivity index (χ0n) is 19.6. The van der Waals surface area contributed by atoms with E-state index in [-0.39, 0.29) is 10.5 Å². The molecule has 3 aromatic rings. The van der Waals surface area contributed by atoms with Crippen LogP contribution in [0.15, 0.2) is 59.6 Å². The first-order valence-corrected chi connectivity index (χ1v) is 11.6. The SMILES string of the molecule is CNCCOc1cccc2c1ccn2S(=O)(=O)c1ccccc1C#N.O=C(O)C(F)(F)F.O=C(O)C(F)(F)F. The van der Waals surface area contributed by atoms with E-state index >= 15 is 0 Å². The molecule has 0 amide bonds. The number of carboxylic acid groups (broad SMARTS) is 2. The Morgan fingerprint density at radius 1 is 0.974 bits per heavy atom. The standard InChI is InChI=1S/C18H17N3O3S.2C2HF3O2/c1-20-10-12-24-17-7-4-6-16-15(17)9-11-21(16)25(22,23)18-8-3-2-5-14(18)13-19;2*3-2(4,5)1(6)7/h2-9,11,20H,10,12H2,1H3;2*(H,6,7). The molecule has 3 N–H and O–H groups in total. The van der Waals surface area contributed by atoms with Gasteiger partial charge >= 0.3 is 24.3 Å². The summed E-state index contributed by atoms with van der Waals surface area (Å²) < 4.78 is 96.4. The van der Waals surface area contributed by atoms with Crippen LogP contribution in [0.5, 0.6) is 5.75 Å². The first-order chi connectivity index (χ1) is 18.0. The normalized spacial score (nSPS) is 11.3. The summed E-state index contributed by atoms with van der Waals surface area (Å²) in [6.45, 7) is 1.16. The van der Waals surface area contributed by atoms with Gasteiger partial charge in [0.05, 0.1) is 11.1 Å². The van der Waals surface area contributed by atoms with Gasteiger partial charge in [-0.1, -0.05) is 18.2 Å². The number of nitriles is 1. The maximum atomic E-state index is 13.0. The minimum atomic E-state index is -5.08. The van der Waals surface area contributed by atoms with Crippen molar-refractivity contribution in [2.75, 3.05) is 20.2 Å². The first-order valence-electron chi connectivity index (χ1n) is 10.2. The molecule has 2 aromatic carbocycles. The van der Waals surface area contributed by atoms with Crippen LogP contribution in [0.3, 0.4) is 0 Å². The predicted octanol–water partition coefficient (Wildman–Crippen LogP) is 3.61. The maximum absolute atomic E-state index is 13.0. The Morgan fingerprint density at radius 2 is 1.51 bits per heavy atom. The summed E-state index contributed by atoms with van der Waals surface area (Å²) >= 11 is 0. The highest BCUT2D eigenvalue weighted by Crippen LogP contribution is 2.30. The molecule has 0 unspecified atom stereocenters. The number of rotatable bonds is 6. The summed E-state index contributed by atoms with van der Waals surface area (Å²) in [5.74, 6) is -4.89. The fourth-order valence-electron chi connectivity index (χ4n) is 2.60. The number of hydrogen-bond acceptors (Lipinski definition) is 7. The number of carbonyl (C=O) groups is 2. The average Bonchev–Trinajstić information content (AvgIpc) is 3.30. The highest BCUT2D eigenvalue weighted by Gasteiger charge is 2.38. The van der Waals surface area contributed by atoms with Crippen LogP contribution in [-0.4, -0.2) is 67.1 Å². The monoisotopic (exact) mass is 583 g/mol. The van der Waals surface area contributed by atoms with E-state index in [4.69, 9.17) is 24.5 Å². The molecule has 0 aliphatic heterocycles. The molecule has 1 heterocycles. The number of likely N-dealkylation sites (N-methyl/N-ethyl adjacent to an activating group) is 1. The fourth-order valence-corrected chi connectivity index (χ4v) is 4.10. The van der Waals surface area contributed by atoms with E-state index < -0.39 is 34.3 Å². The van der Waals surface area contributed by atoms with Crippen molar-refractivity contribution in [1.82, 2.24) is 9.29 Å². The number of benzene rings is 2. The van der Waals surface area contributed by atoms with Crippen molar-refractivity contribution in [2.24, 2.45) is 0 Å². The Morgan fingerprint density at radius 3 is 2.00 bits per heavy atom. The third-order valence-electron chi connectivity index (χ3n) is 4.30. The molecule has 39 heavy (non-hydrogen) atoms. The molecule has 0 radical (unpaired) electrons. The molecule has 0 aliphatic rings. The first kappa shape index (κ1) is 32.7. The summed E-state index contributed by atoms with van der Waals surface area (Å²) in [6, 6.07) is 15.1. The highest BCUT2D eigenvalue weighted by atomic mass is 32.2. The molecule has 0 fully saturated rings. The molecule has 0 bridgehead atoms. The highest BCUT2D eigenvalue weighted by molar-refractivity contribution is 7.90. The molecule has 0 atom stereocenters. The van der Waals surface area contributed by atoms with Crippen LogP contribution in [0.2, 0.25) is 0 Å². The summed E-state index contributed by atoms with van der Waals surface area (Å²) in [5.41, 5.74) is 0.625. The summed E-state index contributed by atoms with van der Waals surface area (Å²) in [6.07, 6.45) is -8.68. The lowest BCUT2D eigenvalue weighted by atomic mass is 10.2. The van der Waals surface area contributed by atoms with Gasteiger partial charge in [-0.3, -0.25) is 0 Å². The number of aromatic nitrogens is 1. The van der Waals surface area contributed by atoms with E-state index in [2.05, 4.69) is 5.32 Å². The zero-order chi connectivity index (χ0) is 30.0. The lowest BCUT2D eigenvalue weighted by Crippen LogP contribution is -2.21. The van der Waals surface area contributed by atoms with Gasteiger partial charge in [-0.2, -0.15) is 31.6 Å². The number of fused-ring (bicyclic) bond motifs is 1. The van der Waals surface area contributed by atoms with Crippen LogP contribution >= 0.6 is 0 Å². The van der Waals surface area contributed by atoms with Gasteiger partial charge in [-0.05, 0) is 37.4 Å². The second-order valence-corrected chi connectivity index (χ2v) is 8.75. The van der Waals surface area contributed by atoms with Crippen LogP contribution in [0.25, 0.3) is 10.9 Å². The van der Waals surface area contributed by atoms with Crippen LogP contribution < -0.4 is 10.1 Å². The Bertz CT molecular complexity index is 1420. The van der Waals surface area contributed by atoms with Gasteiger partial charge in [0.15, 0.2) is 0 Å². The number of aliphatic carboxylic acids is 2. The molecule has 10 nitrogen and oxygen atoms in total. The molecular weight excluding hydrogens is 564 g/mol. The van der Waals surface area contributed by atoms with Gasteiger partial charge < -0.3 is 20.3 Å². The number of carboxylic acids is 2. The van der Waals surface area contributed by atoms with Crippen molar-refractivity contribution in [3.05, 3.63) is 60.3 Å². The number of hydrogen-bond donors (Lipinski definition) is 3. The second-order valence-electron chi connectivity index (χ2n) is 6.97. The van der Waals surface area contributed by atoms with Gasteiger partial charge in [0, 0.05) is 18.1 Å².